The Labute approximate surface area is 111 Å². The Balaban J connectivity index is 2.05. The number of carbonyl (C=O) groups excluding carboxylic acids is 1. The quantitative estimate of drug-likeness (QED) is 0.864. The molecular formula is C13H16N4O2. The lowest BCUT2D eigenvalue weighted by atomic mass is 10.2. The maximum absolute atomic E-state index is 11.8. The first-order valence-corrected chi connectivity index (χ1v) is 6.13. The summed E-state index contributed by atoms with van der Waals surface area (Å²) in [6, 6.07) is 7.26. The standard InChI is InChI=1S/C13H16N4O2/c1-3-9(2)19-11-6-4-5-10(7-11)15-13(18)12-8-14-17-16-12/h4-9H,3H2,1-2H3,(H,15,18)(H,14,16,17). The van der Waals surface area contributed by atoms with E-state index < -0.39 is 0 Å². The number of nitrogens with zero attached hydrogens (tertiary/aromatic N) is 2. The number of hydrogen-bond donors (Lipinski definition) is 2. The normalized spacial score (nSPS) is 11.9. The number of amides is 1. The number of rotatable bonds is 5. The van der Waals surface area contributed by atoms with Crippen LogP contribution in [-0.4, -0.2) is 27.4 Å². The van der Waals surface area contributed by atoms with Crippen LogP contribution < -0.4 is 10.1 Å². The summed E-state index contributed by atoms with van der Waals surface area (Å²) in [6.07, 6.45) is 2.44. The van der Waals surface area contributed by atoms with Crippen LogP contribution in [0.25, 0.3) is 0 Å². The van der Waals surface area contributed by atoms with Gasteiger partial charge < -0.3 is 10.1 Å². The van der Waals surface area contributed by atoms with Gasteiger partial charge in [-0.3, -0.25) is 4.79 Å². The van der Waals surface area contributed by atoms with Crippen molar-refractivity contribution in [3.05, 3.63) is 36.2 Å². The van der Waals surface area contributed by atoms with E-state index in [-0.39, 0.29) is 17.7 Å². The van der Waals surface area contributed by atoms with E-state index >= 15 is 0 Å². The minimum absolute atomic E-state index is 0.140. The van der Waals surface area contributed by atoms with E-state index in [0.717, 1.165) is 12.2 Å². The van der Waals surface area contributed by atoms with Crippen LogP contribution in [0.1, 0.15) is 30.8 Å². The number of aromatic nitrogens is 3. The second kappa shape index (κ2) is 5.99. The molecule has 0 fully saturated rings. The van der Waals surface area contributed by atoms with Crippen LogP contribution in [-0.2, 0) is 0 Å². The lowest BCUT2D eigenvalue weighted by molar-refractivity contribution is 0.102. The van der Waals surface area contributed by atoms with Gasteiger partial charge in [-0.05, 0) is 25.5 Å². The van der Waals surface area contributed by atoms with Gasteiger partial charge in [-0.15, -0.1) is 0 Å². The molecule has 1 heterocycles. The second-order valence-electron chi connectivity index (χ2n) is 4.17. The molecule has 0 aliphatic rings. The molecule has 0 aliphatic carbocycles. The van der Waals surface area contributed by atoms with E-state index in [4.69, 9.17) is 4.74 Å². The third-order valence-corrected chi connectivity index (χ3v) is 2.65. The summed E-state index contributed by atoms with van der Waals surface area (Å²) in [5.74, 6) is 0.418. The molecule has 6 heteroatoms. The van der Waals surface area contributed by atoms with Gasteiger partial charge in [-0.2, -0.15) is 15.4 Å². The van der Waals surface area contributed by atoms with Gasteiger partial charge in [0.15, 0.2) is 5.69 Å². The molecule has 19 heavy (non-hydrogen) atoms. The molecule has 100 valence electrons. The van der Waals surface area contributed by atoms with E-state index in [0.29, 0.717) is 5.69 Å². The largest absolute Gasteiger partial charge is 0.491 e. The van der Waals surface area contributed by atoms with Crippen molar-refractivity contribution in [2.75, 3.05) is 5.32 Å². The zero-order valence-corrected chi connectivity index (χ0v) is 10.9. The molecule has 0 aliphatic heterocycles. The van der Waals surface area contributed by atoms with Crippen LogP contribution in [0.2, 0.25) is 0 Å². The number of ether oxygens (including phenoxy) is 1. The molecule has 0 bridgehead atoms. The molecular weight excluding hydrogens is 244 g/mol. The Morgan fingerprint density at radius 2 is 2.37 bits per heavy atom. The maximum atomic E-state index is 11.8. The fourth-order valence-electron chi connectivity index (χ4n) is 1.47. The molecule has 1 unspecified atom stereocenters. The first kappa shape index (κ1) is 13.1. The number of hydrogen-bond acceptors (Lipinski definition) is 4. The number of carbonyl (C=O) groups is 1. The third kappa shape index (κ3) is 3.54. The molecule has 1 aromatic carbocycles. The van der Waals surface area contributed by atoms with Crippen molar-refractivity contribution in [2.24, 2.45) is 0 Å². The van der Waals surface area contributed by atoms with Gasteiger partial charge in [0.2, 0.25) is 0 Å². The Kier molecular flexibility index (Phi) is 4.12. The smallest absolute Gasteiger partial charge is 0.277 e. The Bertz CT molecular complexity index is 539. The monoisotopic (exact) mass is 260 g/mol. The van der Waals surface area contributed by atoms with E-state index in [1.807, 2.05) is 19.1 Å². The van der Waals surface area contributed by atoms with Crippen molar-refractivity contribution in [3.8, 4) is 5.75 Å². The Morgan fingerprint density at radius 3 is 3.05 bits per heavy atom. The van der Waals surface area contributed by atoms with Gasteiger partial charge in [0.05, 0.1) is 12.3 Å². The highest BCUT2D eigenvalue weighted by atomic mass is 16.5. The highest BCUT2D eigenvalue weighted by Gasteiger charge is 2.09. The number of benzene rings is 1. The molecule has 0 radical (unpaired) electrons. The fraction of sp³-hybridized carbons (Fsp3) is 0.308. The average molecular weight is 260 g/mol. The number of nitrogens with one attached hydrogen (secondary N) is 2. The van der Waals surface area contributed by atoms with Crippen molar-refractivity contribution >= 4 is 11.6 Å². The zero-order chi connectivity index (χ0) is 13.7. The summed E-state index contributed by atoms with van der Waals surface area (Å²) < 4.78 is 5.69. The van der Waals surface area contributed by atoms with Crippen molar-refractivity contribution in [2.45, 2.75) is 26.4 Å². The zero-order valence-electron chi connectivity index (χ0n) is 10.9. The van der Waals surface area contributed by atoms with Crippen molar-refractivity contribution in [1.82, 2.24) is 15.4 Å². The molecule has 0 saturated carbocycles. The molecule has 2 aromatic rings. The van der Waals surface area contributed by atoms with Crippen LogP contribution in [0, 0.1) is 0 Å². The van der Waals surface area contributed by atoms with E-state index in [1.165, 1.54) is 6.20 Å². The van der Waals surface area contributed by atoms with Crippen molar-refractivity contribution in [1.29, 1.82) is 0 Å². The summed E-state index contributed by atoms with van der Waals surface area (Å²) in [5, 5.41) is 12.4. The summed E-state index contributed by atoms with van der Waals surface area (Å²) >= 11 is 0. The molecule has 1 atom stereocenters. The van der Waals surface area contributed by atoms with Gasteiger partial charge in [-0.25, -0.2) is 0 Å². The predicted octanol–water partition coefficient (Wildman–Crippen LogP) is 2.23. The summed E-state index contributed by atoms with van der Waals surface area (Å²) in [6.45, 7) is 4.06. The predicted molar refractivity (Wildman–Crippen MR) is 71.2 cm³/mol. The summed E-state index contributed by atoms with van der Waals surface area (Å²) in [7, 11) is 0. The SMILES string of the molecule is CCC(C)Oc1cccc(NC(=O)c2cn[nH]n2)c1. The lowest BCUT2D eigenvalue weighted by Crippen LogP contribution is -2.13. The average Bonchev–Trinajstić information content (AvgIpc) is 2.93. The molecule has 2 N–H and O–H groups in total. The van der Waals surface area contributed by atoms with Crippen molar-refractivity contribution < 1.29 is 9.53 Å². The molecule has 0 spiro atoms. The minimum atomic E-state index is -0.311. The number of H-pyrrole nitrogens is 1. The van der Waals surface area contributed by atoms with Gasteiger partial charge in [-0.1, -0.05) is 13.0 Å². The molecule has 2 rings (SSSR count). The van der Waals surface area contributed by atoms with Crippen LogP contribution in [0.15, 0.2) is 30.5 Å². The second-order valence-corrected chi connectivity index (χ2v) is 4.17. The van der Waals surface area contributed by atoms with E-state index in [1.54, 1.807) is 12.1 Å². The fourth-order valence-corrected chi connectivity index (χ4v) is 1.47. The highest BCUT2D eigenvalue weighted by molar-refractivity contribution is 6.02. The van der Waals surface area contributed by atoms with Crippen LogP contribution >= 0.6 is 0 Å². The highest BCUT2D eigenvalue weighted by Crippen LogP contribution is 2.19. The molecule has 6 nitrogen and oxygen atoms in total. The Morgan fingerprint density at radius 1 is 1.53 bits per heavy atom. The van der Waals surface area contributed by atoms with Gasteiger partial charge >= 0.3 is 0 Å². The lowest BCUT2D eigenvalue weighted by Gasteiger charge is -2.13. The van der Waals surface area contributed by atoms with E-state index in [2.05, 4.69) is 27.7 Å². The topological polar surface area (TPSA) is 79.9 Å². The molecule has 1 aromatic heterocycles. The van der Waals surface area contributed by atoms with E-state index in [9.17, 15) is 4.79 Å². The molecule has 0 saturated heterocycles. The number of aromatic amines is 1. The summed E-state index contributed by atoms with van der Waals surface area (Å²) in [4.78, 5) is 11.8. The third-order valence-electron chi connectivity index (χ3n) is 2.65. The van der Waals surface area contributed by atoms with Crippen LogP contribution in [0.5, 0.6) is 5.75 Å². The van der Waals surface area contributed by atoms with Crippen LogP contribution in [0.3, 0.4) is 0 Å². The number of anilines is 1. The minimum Gasteiger partial charge on any atom is -0.491 e. The van der Waals surface area contributed by atoms with Gasteiger partial charge in [0, 0.05) is 11.8 Å². The first-order chi connectivity index (χ1) is 9.19. The molecule has 1 amide bonds. The van der Waals surface area contributed by atoms with Crippen molar-refractivity contribution in [3.63, 3.8) is 0 Å². The summed E-state index contributed by atoms with van der Waals surface area (Å²) in [5.41, 5.74) is 0.905. The van der Waals surface area contributed by atoms with Crippen LogP contribution in [0.4, 0.5) is 5.69 Å². The first-order valence-electron chi connectivity index (χ1n) is 6.13. The Hall–Kier alpha value is -2.37. The maximum Gasteiger partial charge on any atom is 0.277 e. The van der Waals surface area contributed by atoms with Gasteiger partial charge in [0.25, 0.3) is 5.91 Å². The van der Waals surface area contributed by atoms with Gasteiger partial charge in [0.1, 0.15) is 5.75 Å².